The number of benzene rings is 2. The van der Waals surface area contributed by atoms with Gasteiger partial charge in [-0.05, 0) is 52.3 Å². The molecule has 0 bridgehead atoms. The van der Waals surface area contributed by atoms with Crippen molar-refractivity contribution in [1.29, 1.82) is 0 Å². The summed E-state index contributed by atoms with van der Waals surface area (Å²) in [5.41, 5.74) is 0.659. The number of hydrogen-bond donors (Lipinski definition) is 1. The zero-order chi connectivity index (χ0) is 17.5. The summed E-state index contributed by atoms with van der Waals surface area (Å²) in [6.45, 7) is 1.67. The van der Waals surface area contributed by atoms with Crippen LogP contribution in [0.1, 0.15) is 21.8 Å². The van der Waals surface area contributed by atoms with E-state index in [0.29, 0.717) is 27.2 Å². The van der Waals surface area contributed by atoms with Crippen LogP contribution in [-0.2, 0) is 6.18 Å². The van der Waals surface area contributed by atoms with Crippen molar-refractivity contribution in [2.45, 2.75) is 13.1 Å². The Morgan fingerprint density at radius 2 is 1.83 bits per heavy atom. The Morgan fingerprint density at radius 3 is 2.46 bits per heavy atom. The second-order valence-electron chi connectivity index (χ2n) is 5.03. The molecule has 0 unspecified atom stereocenters. The van der Waals surface area contributed by atoms with Crippen molar-refractivity contribution < 1.29 is 22.4 Å². The highest BCUT2D eigenvalue weighted by atomic mass is 79.9. The molecule has 0 fully saturated rings. The zero-order valence-electron chi connectivity index (χ0n) is 12.2. The van der Waals surface area contributed by atoms with Gasteiger partial charge < -0.3 is 9.73 Å². The van der Waals surface area contributed by atoms with Gasteiger partial charge in [0.25, 0.3) is 5.91 Å². The molecule has 2 aromatic carbocycles. The lowest BCUT2D eigenvalue weighted by Gasteiger charge is -2.09. The second kappa shape index (κ2) is 5.94. The number of oxazole rings is 1. The molecule has 1 aromatic heterocycles. The lowest BCUT2D eigenvalue weighted by atomic mass is 10.1. The highest BCUT2D eigenvalue weighted by molar-refractivity contribution is 9.10. The van der Waals surface area contributed by atoms with Gasteiger partial charge in [0, 0.05) is 12.5 Å². The third-order valence-corrected chi connectivity index (χ3v) is 3.95. The molecule has 8 heteroatoms. The molecule has 0 saturated heterocycles. The van der Waals surface area contributed by atoms with Crippen LogP contribution in [0.25, 0.3) is 11.1 Å². The number of amides is 1. The van der Waals surface area contributed by atoms with Crippen LogP contribution in [0.3, 0.4) is 0 Å². The molecule has 0 saturated carbocycles. The standard InChI is InChI=1S/C16H10BrF3N2O2/c1-8-21-13-12(7-6-11(17)14(13)24-8)22-15(23)9-2-4-10(5-3-9)16(18,19)20/h2-7H,1H3,(H,22,23). The fourth-order valence-corrected chi connectivity index (χ4v) is 2.59. The number of anilines is 1. The molecule has 0 spiro atoms. The summed E-state index contributed by atoms with van der Waals surface area (Å²) in [6, 6.07) is 7.31. The topological polar surface area (TPSA) is 55.1 Å². The van der Waals surface area contributed by atoms with Crippen molar-refractivity contribution in [3.63, 3.8) is 0 Å². The lowest BCUT2D eigenvalue weighted by molar-refractivity contribution is -0.137. The monoisotopic (exact) mass is 398 g/mol. The minimum Gasteiger partial charge on any atom is -0.440 e. The Hall–Kier alpha value is -2.35. The maximum absolute atomic E-state index is 12.6. The van der Waals surface area contributed by atoms with Crippen LogP contribution in [0.4, 0.5) is 18.9 Å². The van der Waals surface area contributed by atoms with Crippen LogP contribution in [0.15, 0.2) is 45.3 Å². The van der Waals surface area contributed by atoms with Crippen molar-refractivity contribution in [3.05, 3.63) is 57.9 Å². The van der Waals surface area contributed by atoms with E-state index < -0.39 is 17.6 Å². The summed E-state index contributed by atoms with van der Waals surface area (Å²) < 4.78 is 43.8. The molecule has 0 aliphatic heterocycles. The molecule has 24 heavy (non-hydrogen) atoms. The number of hydrogen-bond acceptors (Lipinski definition) is 3. The van der Waals surface area contributed by atoms with Gasteiger partial charge in [0.1, 0.15) is 5.52 Å². The Kier molecular flexibility index (Phi) is 4.08. The largest absolute Gasteiger partial charge is 0.440 e. The van der Waals surface area contributed by atoms with Crippen molar-refractivity contribution in [2.24, 2.45) is 0 Å². The maximum atomic E-state index is 12.6. The first-order valence-corrected chi connectivity index (χ1v) is 7.59. The fraction of sp³-hybridized carbons (Fsp3) is 0.125. The molecule has 0 aliphatic carbocycles. The van der Waals surface area contributed by atoms with Crippen molar-refractivity contribution in [2.75, 3.05) is 5.32 Å². The van der Waals surface area contributed by atoms with Crippen LogP contribution in [0, 0.1) is 6.92 Å². The zero-order valence-corrected chi connectivity index (χ0v) is 13.8. The number of nitrogens with zero attached hydrogens (tertiary/aromatic N) is 1. The first-order valence-electron chi connectivity index (χ1n) is 6.80. The smallest absolute Gasteiger partial charge is 0.416 e. The van der Waals surface area contributed by atoms with Crippen LogP contribution in [0.2, 0.25) is 0 Å². The number of halogens is 4. The lowest BCUT2D eigenvalue weighted by Crippen LogP contribution is -2.13. The number of carbonyl (C=O) groups is 1. The molecule has 1 N–H and O–H groups in total. The molecule has 3 aromatic rings. The van der Waals surface area contributed by atoms with Gasteiger partial charge in [-0.25, -0.2) is 4.98 Å². The van der Waals surface area contributed by atoms with Crippen LogP contribution in [0.5, 0.6) is 0 Å². The second-order valence-corrected chi connectivity index (χ2v) is 5.89. The number of rotatable bonds is 2. The van der Waals surface area contributed by atoms with Gasteiger partial charge in [-0.3, -0.25) is 4.79 Å². The van der Waals surface area contributed by atoms with E-state index in [2.05, 4.69) is 26.2 Å². The average molecular weight is 399 g/mol. The molecule has 0 atom stereocenters. The summed E-state index contributed by atoms with van der Waals surface area (Å²) in [4.78, 5) is 16.5. The molecular formula is C16H10BrF3N2O2. The number of carbonyl (C=O) groups excluding carboxylic acids is 1. The Labute approximate surface area is 142 Å². The number of fused-ring (bicyclic) bond motifs is 1. The molecule has 1 heterocycles. The number of nitrogens with one attached hydrogen (secondary N) is 1. The van der Waals surface area contributed by atoms with E-state index in [1.54, 1.807) is 19.1 Å². The number of aryl methyl sites for hydroxylation is 1. The molecule has 0 radical (unpaired) electrons. The molecule has 4 nitrogen and oxygen atoms in total. The van der Waals surface area contributed by atoms with E-state index in [9.17, 15) is 18.0 Å². The Morgan fingerprint density at radius 1 is 1.17 bits per heavy atom. The summed E-state index contributed by atoms with van der Waals surface area (Å²) in [5, 5.41) is 2.64. The van der Waals surface area contributed by atoms with E-state index in [-0.39, 0.29) is 5.56 Å². The molecule has 0 aliphatic rings. The van der Waals surface area contributed by atoms with Gasteiger partial charge in [0.15, 0.2) is 11.5 Å². The Balaban J connectivity index is 1.89. The van der Waals surface area contributed by atoms with E-state index in [1.807, 2.05) is 0 Å². The minimum atomic E-state index is -4.44. The quantitative estimate of drug-likeness (QED) is 0.647. The summed E-state index contributed by atoms with van der Waals surface area (Å²) in [7, 11) is 0. The SMILES string of the molecule is Cc1nc2c(NC(=O)c3ccc(C(F)(F)F)cc3)ccc(Br)c2o1. The summed E-state index contributed by atoms with van der Waals surface area (Å²) in [5.74, 6) is -0.102. The van der Waals surface area contributed by atoms with E-state index in [4.69, 9.17) is 4.42 Å². The summed E-state index contributed by atoms with van der Waals surface area (Å²) >= 11 is 3.33. The molecule has 1 amide bonds. The normalized spacial score (nSPS) is 11.7. The van der Waals surface area contributed by atoms with Crippen molar-refractivity contribution in [1.82, 2.24) is 4.98 Å². The van der Waals surface area contributed by atoms with Gasteiger partial charge in [-0.15, -0.1) is 0 Å². The fourth-order valence-electron chi connectivity index (χ4n) is 2.19. The van der Waals surface area contributed by atoms with Gasteiger partial charge >= 0.3 is 6.18 Å². The van der Waals surface area contributed by atoms with Gasteiger partial charge in [-0.2, -0.15) is 13.2 Å². The maximum Gasteiger partial charge on any atom is 0.416 e. The van der Waals surface area contributed by atoms with Crippen LogP contribution in [-0.4, -0.2) is 10.9 Å². The van der Waals surface area contributed by atoms with Crippen molar-refractivity contribution >= 4 is 38.6 Å². The predicted molar refractivity (Wildman–Crippen MR) is 85.8 cm³/mol. The first kappa shape index (κ1) is 16.5. The first-order chi connectivity index (χ1) is 11.3. The number of alkyl halides is 3. The van der Waals surface area contributed by atoms with Crippen molar-refractivity contribution in [3.8, 4) is 0 Å². The Bertz CT molecular complexity index is 917. The third kappa shape index (κ3) is 3.14. The average Bonchev–Trinajstić information content (AvgIpc) is 2.92. The molecular weight excluding hydrogens is 389 g/mol. The predicted octanol–water partition coefficient (Wildman–Crippen LogP) is 5.17. The third-order valence-electron chi connectivity index (χ3n) is 3.33. The summed E-state index contributed by atoms with van der Waals surface area (Å²) in [6.07, 6.45) is -4.44. The van der Waals surface area contributed by atoms with Gasteiger partial charge in [0.2, 0.25) is 0 Å². The number of aromatic nitrogens is 1. The minimum absolute atomic E-state index is 0.110. The highest BCUT2D eigenvalue weighted by Crippen LogP contribution is 2.31. The van der Waals surface area contributed by atoms with E-state index in [1.165, 1.54) is 0 Å². The van der Waals surface area contributed by atoms with Crippen LogP contribution < -0.4 is 5.32 Å². The van der Waals surface area contributed by atoms with Crippen LogP contribution >= 0.6 is 15.9 Å². The molecule has 3 rings (SSSR count). The van der Waals surface area contributed by atoms with Gasteiger partial charge in [-0.1, -0.05) is 0 Å². The van der Waals surface area contributed by atoms with E-state index >= 15 is 0 Å². The van der Waals surface area contributed by atoms with Gasteiger partial charge in [0.05, 0.1) is 15.7 Å². The highest BCUT2D eigenvalue weighted by Gasteiger charge is 2.30. The molecule has 124 valence electrons. The van der Waals surface area contributed by atoms with E-state index in [0.717, 1.165) is 24.3 Å².